The maximum atomic E-state index is 12.4. The molecule has 7 heteroatoms. The Kier molecular flexibility index (Phi) is 7.26. The summed E-state index contributed by atoms with van der Waals surface area (Å²) in [4.78, 5) is 24.7. The van der Waals surface area contributed by atoms with Crippen LogP contribution in [0.2, 0.25) is 0 Å². The van der Waals surface area contributed by atoms with Crippen molar-refractivity contribution in [2.24, 2.45) is 0 Å². The highest BCUT2D eigenvalue weighted by Crippen LogP contribution is 2.34. The van der Waals surface area contributed by atoms with Crippen molar-refractivity contribution < 1.29 is 23.8 Å². The summed E-state index contributed by atoms with van der Waals surface area (Å²) in [5.41, 5.74) is 2.22. The van der Waals surface area contributed by atoms with Gasteiger partial charge in [0.25, 0.3) is 5.91 Å². The molecule has 0 radical (unpaired) electrons. The van der Waals surface area contributed by atoms with Gasteiger partial charge < -0.3 is 24.8 Å². The van der Waals surface area contributed by atoms with Gasteiger partial charge in [0.2, 0.25) is 5.91 Å². The van der Waals surface area contributed by atoms with E-state index in [-0.39, 0.29) is 18.4 Å². The molecule has 0 bridgehead atoms. The van der Waals surface area contributed by atoms with Crippen molar-refractivity contribution in [1.82, 2.24) is 10.6 Å². The molecule has 0 aliphatic heterocycles. The molecule has 0 unspecified atom stereocenters. The SMILES string of the molecule is COc1cc(OC)c(OC)cc1CNC(=O)[C@H](C)NC(=O)c1cccc(C)c1. The van der Waals surface area contributed by atoms with E-state index in [0.717, 1.165) is 11.1 Å². The molecule has 150 valence electrons. The van der Waals surface area contributed by atoms with Crippen LogP contribution in [0.3, 0.4) is 0 Å². The summed E-state index contributed by atoms with van der Waals surface area (Å²) in [5, 5.41) is 5.50. The van der Waals surface area contributed by atoms with Crippen molar-refractivity contribution in [3.05, 3.63) is 53.1 Å². The lowest BCUT2D eigenvalue weighted by Crippen LogP contribution is -2.44. The van der Waals surface area contributed by atoms with Gasteiger partial charge in [-0.2, -0.15) is 0 Å². The third kappa shape index (κ3) is 5.16. The quantitative estimate of drug-likeness (QED) is 0.728. The minimum Gasteiger partial charge on any atom is -0.496 e. The van der Waals surface area contributed by atoms with Crippen molar-refractivity contribution in [2.75, 3.05) is 21.3 Å². The zero-order valence-corrected chi connectivity index (χ0v) is 16.8. The Morgan fingerprint density at radius 1 is 0.964 bits per heavy atom. The second-order valence-electron chi connectivity index (χ2n) is 6.30. The second kappa shape index (κ2) is 9.64. The lowest BCUT2D eigenvalue weighted by atomic mass is 10.1. The number of benzene rings is 2. The smallest absolute Gasteiger partial charge is 0.251 e. The molecule has 28 heavy (non-hydrogen) atoms. The van der Waals surface area contributed by atoms with Crippen molar-refractivity contribution in [3.8, 4) is 17.2 Å². The van der Waals surface area contributed by atoms with E-state index in [9.17, 15) is 9.59 Å². The molecule has 1 atom stereocenters. The molecule has 0 spiro atoms. The summed E-state index contributed by atoms with van der Waals surface area (Å²) in [6.07, 6.45) is 0. The van der Waals surface area contributed by atoms with Gasteiger partial charge in [-0.3, -0.25) is 9.59 Å². The standard InChI is InChI=1S/C21H26N2O5/c1-13-7-6-8-15(9-13)21(25)23-14(2)20(24)22-12-16-10-18(27-4)19(28-5)11-17(16)26-3/h6-11,14H,12H2,1-5H3,(H,22,24)(H,23,25)/t14-/m0/s1. The molecule has 2 aromatic rings. The average Bonchev–Trinajstić information content (AvgIpc) is 2.70. The molecule has 2 N–H and O–H groups in total. The fourth-order valence-electron chi connectivity index (χ4n) is 2.70. The molecular weight excluding hydrogens is 360 g/mol. The van der Waals surface area contributed by atoms with Gasteiger partial charge in [-0.1, -0.05) is 17.7 Å². The largest absolute Gasteiger partial charge is 0.496 e. The van der Waals surface area contributed by atoms with Crippen LogP contribution < -0.4 is 24.8 Å². The first-order valence-electron chi connectivity index (χ1n) is 8.83. The Balaban J connectivity index is 2.02. The van der Waals surface area contributed by atoms with Crippen LogP contribution in [0.4, 0.5) is 0 Å². The maximum Gasteiger partial charge on any atom is 0.251 e. The summed E-state index contributed by atoms with van der Waals surface area (Å²) in [6, 6.07) is 9.94. The van der Waals surface area contributed by atoms with E-state index < -0.39 is 6.04 Å². The predicted molar refractivity (Wildman–Crippen MR) is 106 cm³/mol. The molecule has 0 saturated carbocycles. The fraction of sp³-hybridized carbons (Fsp3) is 0.333. The van der Waals surface area contributed by atoms with E-state index in [2.05, 4.69) is 10.6 Å². The number of hydrogen-bond donors (Lipinski definition) is 2. The maximum absolute atomic E-state index is 12.4. The van der Waals surface area contributed by atoms with Crippen molar-refractivity contribution in [3.63, 3.8) is 0 Å². The zero-order valence-electron chi connectivity index (χ0n) is 16.8. The third-order valence-electron chi connectivity index (χ3n) is 4.26. The highest BCUT2D eigenvalue weighted by Gasteiger charge is 2.18. The zero-order chi connectivity index (χ0) is 20.7. The monoisotopic (exact) mass is 386 g/mol. The van der Waals surface area contributed by atoms with Gasteiger partial charge in [0.05, 0.1) is 21.3 Å². The number of methoxy groups -OCH3 is 3. The first kappa shape index (κ1) is 21.1. The van der Waals surface area contributed by atoms with Crippen LogP contribution in [0.5, 0.6) is 17.2 Å². The van der Waals surface area contributed by atoms with Crippen LogP contribution in [0.1, 0.15) is 28.4 Å². The van der Waals surface area contributed by atoms with E-state index in [1.165, 1.54) is 21.3 Å². The Morgan fingerprint density at radius 3 is 2.21 bits per heavy atom. The third-order valence-corrected chi connectivity index (χ3v) is 4.26. The van der Waals surface area contributed by atoms with E-state index in [4.69, 9.17) is 14.2 Å². The minimum absolute atomic E-state index is 0.215. The Hall–Kier alpha value is -3.22. The van der Waals surface area contributed by atoms with E-state index >= 15 is 0 Å². The van der Waals surface area contributed by atoms with Gasteiger partial charge in [0.1, 0.15) is 11.8 Å². The topological polar surface area (TPSA) is 85.9 Å². The van der Waals surface area contributed by atoms with Crippen LogP contribution in [-0.2, 0) is 11.3 Å². The van der Waals surface area contributed by atoms with E-state index in [1.807, 2.05) is 13.0 Å². The van der Waals surface area contributed by atoms with Gasteiger partial charge in [-0.05, 0) is 32.0 Å². The van der Waals surface area contributed by atoms with Crippen molar-refractivity contribution >= 4 is 11.8 Å². The molecule has 0 aliphatic carbocycles. The van der Waals surface area contributed by atoms with Crippen molar-refractivity contribution in [2.45, 2.75) is 26.4 Å². The molecule has 0 saturated heterocycles. The number of ether oxygens (including phenoxy) is 3. The summed E-state index contributed by atoms with van der Waals surface area (Å²) in [6.45, 7) is 3.76. The Labute approximate surface area is 165 Å². The summed E-state index contributed by atoms with van der Waals surface area (Å²) < 4.78 is 15.9. The molecule has 0 fully saturated rings. The molecule has 2 aromatic carbocycles. The normalized spacial score (nSPS) is 11.3. The molecule has 7 nitrogen and oxygen atoms in total. The Morgan fingerprint density at radius 2 is 1.61 bits per heavy atom. The second-order valence-corrected chi connectivity index (χ2v) is 6.30. The summed E-state index contributed by atoms with van der Waals surface area (Å²) in [7, 11) is 4.62. The predicted octanol–water partition coefficient (Wildman–Crippen LogP) is 2.46. The summed E-state index contributed by atoms with van der Waals surface area (Å²) >= 11 is 0. The highest BCUT2D eigenvalue weighted by molar-refractivity contribution is 5.97. The fourth-order valence-corrected chi connectivity index (χ4v) is 2.70. The molecule has 2 amide bonds. The van der Waals surface area contributed by atoms with Gasteiger partial charge in [0.15, 0.2) is 11.5 Å². The van der Waals surface area contributed by atoms with Crippen LogP contribution >= 0.6 is 0 Å². The number of aryl methyl sites for hydroxylation is 1. The molecule has 2 rings (SSSR count). The van der Waals surface area contributed by atoms with Gasteiger partial charge in [-0.25, -0.2) is 0 Å². The number of rotatable bonds is 8. The molecule has 0 aromatic heterocycles. The molecular formula is C21H26N2O5. The molecule has 0 aliphatic rings. The average molecular weight is 386 g/mol. The van der Waals surface area contributed by atoms with Crippen LogP contribution in [0.15, 0.2) is 36.4 Å². The number of hydrogen-bond acceptors (Lipinski definition) is 5. The minimum atomic E-state index is -0.695. The van der Waals surface area contributed by atoms with Gasteiger partial charge >= 0.3 is 0 Å². The number of amides is 2. The Bertz CT molecular complexity index is 851. The number of carbonyl (C=O) groups excluding carboxylic acids is 2. The summed E-state index contributed by atoms with van der Waals surface area (Å²) in [5.74, 6) is 1.03. The van der Waals surface area contributed by atoms with E-state index in [1.54, 1.807) is 37.3 Å². The first-order valence-corrected chi connectivity index (χ1v) is 8.83. The van der Waals surface area contributed by atoms with Gasteiger partial charge in [0, 0.05) is 23.7 Å². The van der Waals surface area contributed by atoms with Gasteiger partial charge in [-0.15, -0.1) is 0 Å². The number of nitrogens with one attached hydrogen (secondary N) is 2. The lowest BCUT2D eigenvalue weighted by Gasteiger charge is -2.17. The first-order chi connectivity index (χ1) is 13.4. The van der Waals surface area contributed by atoms with Crippen LogP contribution in [0.25, 0.3) is 0 Å². The van der Waals surface area contributed by atoms with Crippen LogP contribution in [0, 0.1) is 6.92 Å². The van der Waals surface area contributed by atoms with Crippen molar-refractivity contribution in [1.29, 1.82) is 0 Å². The highest BCUT2D eigenvalue weighted by atomic mass is 16.5. The van der Waals surface area contributed by atoms with Crippen LogP contribution in [-0.4, -0.2) is 39.2 Å². The lowest BCUT2D eigenvalue weighted by molar-refractivity contribution is -0.122. The number of carbonyl (C=O) groups is 2. The molecule has 0 heterocycles. The van der Waals surface area contributed by atoms with E-state index in [0.29, 0.717) is 22.8 Å².